The fourth-order valence-electron chi connectivity index (χ4n) is 3.71. The molecule has 6 nitrogen and oxygen atoms in total. The second-order valence-corrected chi connectivity index (χ2v) is 6.95. The van der Waals surface area contributed by atoms with Gasteiger partial charge in [-0.25, -0.2) is 9.97 Å². The number of fused-ring (bicyclic) bond motifs is 1. The Morgan fingerprint density at radius 1 is 1.16 bits per heavy atom. The van der Waals surface area contributed by atoms with Crippen LogP contribution in [0.4, 0.5) is 5.82 Å². The molecule has 132 valence electrons. The van der Waals surface area contributed by atoms with Crippen molar-refractivity contribution in [1.82, 2.24) is 15.3 Å². The minimum Gasteiger partial charge on any atom is -0.381 e. The number of hydrogen-bond donors (Lipinski definition) is 1. The van der Waals surface area contributed by atoms with E-state index in [0.29, 0.717) is 6.54 Å². The highest BCUT2D eigenvalue weighted by atomic mass is 16.5. The Bertz CT molecular complexity index is 773. The molecule has 4 rings (SSSR count). The second kappa shape index (κ2) is 6.96. The fraction of sp³-hybridized carbons (Fsp3) is 0.526. The zero-order chi connectivity index (χ0) is 17.2. The average molecular weight is 340 g/mol. The molecule has 2 aliphatic heterocycles. The zero-order valence-corrected chi connectivity index (χ0v) is 14.6. The monoisotopic (exact) mass is 340 g/mol. The van der Waals surface area contributed by atoms with Crippen molar-refractivity contribution in [2.75, 3.05) is 31.2 Å². The van der Waals surface area contributed by atoms with E-state index in [0.717, 1.165) is 61.6 Å². The lowest BCUT2D eigenvalue weighted by molar-refractivity contribution is -0.125. The Morgan fingerprint density at radius 2 is 1.88 bits per heavy atom. The number of nitrogens with zero attached hydrogens (tertiary/aromatic N) is 3. The van der Waals surface area contributed by atoms with Gasteiger partial charge in [-0.15, -0.1) is 0 Å². The zero-order valence-electron chi connectivity index (χ0n) is 14.6. The Labute approximate surface area is 147 Å². The number of carbonyl (C=O) groups excluding carboxylic acids is 1. The number of carbonyl (C=O) groups is 1. The number of anilines is 1. The van der Waals surface area contributed by atoms with E-state index >= 15 is 0 Å². The van der Waals surface area contributed by atoms with Crippen LogP contribution in [0.1, 0.15) is 25.0 Å². The van der Waals surface area contributed by atoms with Crippen LogP contribution in [0, 0.1) is 12.8 Å². The van der Waals surface area contributed by atoms with Crippen molar-refractivity contribution < 1.29 is 9.53 Å². The van der Waals surface area contributed by atoms with Gasteiger partial charge in [0.15, 0.2) is 5.82 Å². The van der Waals surface area contributed by atoms with Gasteiger partial charge in [-0.3, -0.25) is 4.79 Å². The number of para-hydroxylation sites is 2. The van der Waals surface area contributed by atoms with Crippen LogP contribution in [0.3, 0.4) is 0 Å². The van der Waals surface area contributed by atoms with Crippen LogP contribution in [0.15, 0.2) is 24.3 Å². The van der Waals surface area contributed by atoms with E-state index < -0.39 is 0 Å². The highest BCUT2D eigenvalue weighted by Gasteiger charge is 2.31. The third-order valence-corrected chi connectivity index (χ3v) is 5.15. The molecule has 0 bridgehead atoms. The molecule has 6 heteroatoms. The van der Waals surface area contributed by atoms with Gasteiger partial charge in [0.1, 0.15) is 0 Å². The summed E-state index contributed by atoms with van der Waals surface area (Å²) in [6, 6.07) is 8.18. The number of aromatic nitrogens is 2. The maximum Gasteiger partial charge on any atom is 0.225 e. The summed E-state index contributed by atoms with van der Waals surface area (Å²) in [6.45, 7) is 5.04. The van der Waals surface area contributed by atoms with Crippen LogP contribution in [0.5, 0.6) is 0 Å². The third kappa shape index (κ3) is 3.44. The Hall–Kier alpha value is -2.21. The van der Waals surface area contributed by atoms with Crippen molar-refractivity contribution >= 4 is 22.8 Å². The van der Waals surface area contributed by atoms with Crippen LogP contribution in [-0.2, 0) is 9.53 Å². The molecule has 3 heterocycles. The molecule has 2 fully saturated rings. The van der Waals surface area contributed by atoms with Gasteiger partial charge in [0.05, 0.1) is 22.6 Å². The van der Waals surface area contributed by atoms with Crippen molar-refractivity contribution in [3.8, 4) is 0 Å². The number of amides is 1. The summed E-state index contributed by atoms with van der Waals surface area (Å²) in [7, 11) is 0. The Kier molecular flexibility index (Phi) is 4.53. The summed E-state index contributed by atoms with van der Waals surface area (Å²) < 4.78 is 5.36. The van der Waals surface area contributed by atoms with Crippen molar-refractivity contribution in [3.05, 3.63) is 30.0 Å². The molecular formula is C19H24N4O2. The van der Waals surface area contributed by atoms with Crippen LogP contribution in [0.25, 0.3) is 11.0 Å². The van der Waals surface area contributed by atoms with Gasteiger partial charge in [-0.1, -0.05) is 12.1 Å². The van der Waals surface area contributed by atoms with Gasteiger partial charge >= 0.3 is 0 Å². The van der Waals surface area contributed by atoms with Gasteiger partial charge < -0.3 is 15.0 Å². The molecule has 1 aromatic carbocycles. The maximum atomic E-state index is 12.6. The van der Waals surface area contributed by atoms with Crippen LogP contribution < -0.4 is 10.2 Å². The smallest absolute Gasteiger partial charge is 0.225 e. The van der Waals surface area contributed by atoms with Crippen LogP contribution >= 0.6 is 0 Å². The lowest BCUT2D eigenvalue weighted by Crippen LogP contribution is -2.42. The highest BCUT2D eigenvalue weighted by Crippen LogP contribution is 2.26. The lowest BCUT2D eigenvalue weighted by atomic mass is 10.1. The summed E-state index contributed by atoms with van der Waals surface area (Å²) in [6.07, 6.45) is 2.69. The predicted molar refractivity (Wildman–Crippen MR) is 96.6 cm³/mol. The van der Waals surface area contributed by atoms with Crippen molar-refractivity contribution in [3.63, 3.8) is 0 Å². The molecule has 2 saturated heterocycles. The van der Waals surface area contributed by atoms with Gasteiger partial charge in [0.25, 0.3) is 0 Å². The summed E-state index contributed by atoms with van der Waals surface area (Å²) in [5.41, 5.74) is 2.74. The quantitative estimate of drug-likeness (QED) is 0.926. The molecule has 1 unspecified atom stereocenters. The second-order valence-electron chi connectivity index (χ2n) is 6.95. The topological polar surface area (TPSA) is 67.4 Å². The Morgan fingerprint density at radius 3 is 2.64 bits per heavy atom. The number of rotatable bonds is 3. The SMILES string of the molecule is Cc1nc2ccccc2nc1N1CCC(C(=O)NC2CCOCC2)C1. The first-order valence-corrected chi connectivity index (χ1v) is 9.07. The van der Waals surface area contributed by atoms with Gasteiger partial charge in [-0.2, -0.15) is 0 Å². The van der Waals surface area contributed by atoms with E-state index in [1.807, 2.05) is 31.2 Å². The molecule has 1 N–H and O–H groups in total. The van der Waals surface area contributed by atoms with Crippen molar-refractivity contribution in [1.29, 1.82) is 0 Å². The van der Waals surface area contributed by atoms with Crippen LogP contribution in [-0.4, -0.2) is 48.2 Å². The normalized spacial score (nSPS) is 21.6. The molecule has 0 saturated carbocycles. The molecule has 1 aromatic heterocycles. The molecular weight excluding hydrogens is 316 g/mol. The largest absolute Gasteiger partial charge is 0.381 e. The van der Waals surface area contributed by atoms with Crippen molar-refractivity contribution in [2.24, 2.45) is 5.92 Å². The molecule has 0 radical (unpaired) electrons. The number of benzene rings is 1. The summed E-state index contributed by atoms with van der Waals surface area (Å²) in [5.74, 6) is 1.09. The molecule has 2 aromatic rings. The molecule has 25 heavy (non-hydrogen) atoms. The number of hydrogen-bond acceptors (Lipinski definition) is 5. The number of ether oxygens (including phenoxy) is 1. The highest BCUT2D eigenvalue weighted by molar-refractivity contribution is 5.81. The predicted octanol–water partition coefficient (Wildman–Crippen LogP) is 2.06. The minimum atomic E-state index is 0.0236. The first-order chi connectivity index (χ1) is 12.2. The van der Waals surface area contributed by atoms with Crippen molar-refractivity contribution in [2.45, 2.75) is 32.2 Å². The summed E-state index contributed by atoms with van der Waals surface area (Å²) in [5, 5.41) is 3.20. The first-order valence-electron chi connectivity index (χ1n) is 9.07. The minimum absolute atomic E-state index is 0.0236. The first kappa shape index (κ1) is 16.3. The van der Waals surface area contributed by atoms with Gasteiger partial charge in [0, 0.05) is 32.3 Å². The van der Waals surface area contributed by atoms with E-state index in [9.17, 15) is 4.79 Å². The molecule has 0 aliphatic carbocycles. The maximum absolute atomic E-state index is 12.6. The van der Waals surface area contributed by atoms with Gasteiger partial charge in [0.2, 0.25) is 5.91 Å². The molecule has 0 spiro atoms. The summed E-state index contributed by atoms with van der Waals surface area (Å²) >= 11 is 0. The number of nitrogens with one attached hydrogen (secondary N) is 1. The van der Waals surface area contributed by atoms with E-state index in [4.69, 9.17) is 9.72 Å². The fourth-order valence-corrected chi connectivity index (χ4v) is 3.71. The van der Waals surface area contributed by atoms with E-state index in [1.165, 1.54) is 0 Å². The Balaban J connectivity index is 1.45. The molecule has 2 aliphatic rings. The lowest BCUT2D eigenvalue weighted by Gasteiger charge is -2.25. The van der Waals surface area contributed by atoms with E-state index in [1.54, 1.807) is 0 Å². The number of aryl methyl sites for hydroxylation is 1. The van der Waals surface area contributed by atoms with E-state index in [-0.39, 0.29) is 17.9 Å². The standard InChI is InChI=1S/C19H24N4O2/c1-13-18(22-17-5-3-2-4-16(17)20-13)23-9-6-14(12-23)19(24)21-15-7-10-25-11-8-15/h2-5,14-15H,6-12H2,1H3,(H,21,24). The van der Waals surface area contributed by atoms with E-state index in [2.05, 4.69) is 15.2 Å². The molecule has 1 amide bonds. The molecule has 1 atom stereocenters. The van der Waals surface area contributed by atoms with Gasteiger partial charge in [-0.05, 0) is 38.3 Å². The van der Waals surface area contributed by atoms with Crippen LogP contribution in [0.2, 0.25) is 0 Å². The average Bonchev–Trinajstić information content (AvgIpc) is 3.12. The third-order valence-electron chi connectivity index (χ3n) is 5.15. The summed E-state index contributed by atoms with van der Waals surface area (Å²) in [4.78, 5) is 24.2.